The Morgan fingerprint density at radius 2 is 1.62 bits per heavy atom. The summed E-state index contributed by atoms with van der Waals surface area (Å²) in [6.45, 7) is 7.24. The van der Waals surface area contributed by atoms with Crippen molar-refractivity contribution in [2.75, 3.05) is 0 Å². The number of benzene rings is 1. The standard InChI is InChI=1S/C11H11NO/c1-3-8-5-9(4-2)7-10(6-8)11(12)13/h3-7H,1-2H2,(H2,12,13). The molecule has 0 bridgehead atoms. The third-order valence-corrected chi connectivity index (χ3v) is 1.73. The number of carbonyl (C=O) groups excluding carboxylic acids is 1. The van der Waals surface area contributed by atoms with Gasteiger partial charge in [-0.1, -0.05) is 25.3 Å². The van der Waals surface area contributed by atoms with Crippen molar-refractivity contribution in [2.45, 2.75) is 0 Å². The van der Waals surface area contributed by atoms with Gasteiger partial charge in [0, 0.05) is 5.56 Å². The van der Waals surface area contributed by atoms with E-state index in [1.165, 1.54) is 0 Å². The molecule has 1 amide bonds. The Morgan fingerprint density at radius 3 is 1.92 bits per heavy atom. The zero-order valence-electron chi connectivity index (χ0n) is 7.29. The molecule has 1 rings (SSSR count). The Balaban J connectivity index is 3.30. The monoisotopic (exact) mass is 173 g/mol. The summed E-state index contributed by atoms with van der Waals surface area (Å²) >= 11 is 0. The Labute approximate surface area is 77.4 Å². The molecular formula is C11H11NO. The largest absolute Gasteiger partial charge is 0.366 e. The zero-order chi connectivity index (χ0) is 9.84. The third-order valence-electron chi connectivity index (χ3n) is 1.73. The summed E-state index contributed by atoms with van der Waals surface area (Å²) in [4.78, 5) is 10.9. The minimum atomic E-state index is -0.438. The van der Waals surface area contributed by atoms with E-state index in [9.17, 15) is 4.79 Å². The maximum Gasteiger partial charge on any atom is 0.248 e. The topological polar surface area (TPSA) is 43.1 Å². The molecule has 0 fully saturated rings. The lowest BCUT2D eigenvalue weighted by atomic mass is 10.1. The van der Waals surface area contributed by atoms with Crippen LogP contribution in [0.5, 0.6) is 0 Å². The first-order valence-electron chi connectivity index (χ1n) is 3.87. The summed E-state index contributed by atoms with van der Waals surface area (Å²) in [6, 6.07) is 5.27. The van der Waals surface area contributed by atoms with Gasteiger partial charge in [-0.05, 0) is 29.3 Å². The molecule has 0 spiro atoms. The average molecular weight is 173 g/mol. The minimum Gasteiger partial charge on any atom is -0.366 e. The molecule has 0 aliphatic carbocycles. The number of hydrogen-bond acceptors (Lipinski definition) is 1. The lowest BCUT2D eigenvalue weighted by Crippen LogP contribution is -2.11. The normalized spacial score (nSPS) is 9.23. The second-order valence-corrected chi connectivity index (χ2v) is 2.66. The second-order valence-electron chi connectivity index (χ2n) is 2.66. The van der Waals surface area contributed by atoms with Crippen LogP contribution in [0.2, 0.25) is 0 Å². The van der Waals surface area contributed by atoms with Gasteiger partial charge in [-0.15, -0.1) is 0 Å². The van der Waals surface area contributed by atoms with Crippen molar-refractivity contribution in [3.05, 3.63) is 48.0 Å². The van der Waals surface area contributed by atoms with Gasteiger partial charge in [0.25, 0.3) is 0 Å². The molecule has 66 valence electrons. The first-order chi connectivity index (χ1) is 6.17. The van der Waals surface area contributed by atoms with Crippen LogP contribution in [0.3, 0.4) is 0 Å². The van der Waals surface area contributed by atoms with Gasteiger partial charge in [-0.25, -0.2) is 0 Å². The first kappa shape index (κ1) is 9.26. The van der Waals surface area contributed by atoms with E-state index in [-0.39, 0.29) is 0 Å². The van der Waals surface area contributed by atoms with Crippen LogP contribution in [0.25, 0.3) is 12.2 Å². The molecule has 1 aromatic carbocycles. The number of amides is 1. The van der Waals surface area contributed by atoms with E-state index >= 15 is 0 Å². The SMILES string of the molecule is C=Cc1cc(C=C)cc(C(N)=O)c1. The summed E-state index contributed by atoms with van der Waals surface area (Å²) in [5.74, 6) is -0.438. The highest BCUT2D eigenvalue weighted by atomic mass is 16.1. The van der Waals surface area contributed by atoms with Crippen molar-refractivity contribution in [1.82, 2.24) is 0 Å². The fourth-order valence-electron chi connectivity index (χ4n) is 1.05. The van der Waals surface area contributed by atoms with Gasteiger partial charge in [0.15, 0.2) is 0 Å². The number of primary amides is 1. The molecule has 2 nitrogen and oxygen atoms in total. The quantitative estimate of drug-likeness (QED) is 0.747. The van der Waals surface area contributed by atoms with Crippen molar-refractivity contribution in [1.29, 1.82) is 0 Å². The Bertz CT molecular complexity index is 340. The predicted molar refractivity (Wildman–Crippen MR) is 55.1 cm³/mol. The first-order valence-corrected chi connectivity index (χ1v) is 3.87. The number of nitrogens with two attached hydrogens (primary N) is 1. The Hall–Kier alpha value is -1.83. The van der Waals surface area contributed by atoms with E-state index < -0.39 is 5.91 Å². The van der Waals surface area contributed by atoms with Crippen LogP contribution in [0.15, 0.2) is 31.4 Å². The van der Waals surface area contributed by atoms with Gasteiger partial charge < -0.3 is 5.73 Å². The molecule has 2 N–H and O–H groups in total. The maximum absolute atomic E-state index is 10.9. The van der Waals surface area contributed by atoms with Gasteiger partial charge >= 0.3 is 0 Å². The Kier molecular flexibility index (Phi) is 2.65. The van der Waals surface area contributed by atoms with Crippen molar-refractivity contribution in [3.63, 3.8) is 0 Å². The molecule has 0 radical (unpaired) electrons. The molecule has 0 heterocycles. The van der Waals surface area contributed by atoms with E-state index in [0.717, 1.165) is 11.1 Å². The van der Waals surface area contributed by atoms with Gasteiger partial charge in [-0.3, -0.25) is 4.79 Å². The Morgan fingerprint density at radius 1 is 1.15 bits per heavy atom. The van der Waals surface area contributed by atoms with E-state index in [2.05, 4.69) is 13.2 Å². The molecule has 0 aromatic heterocycles. The lowest BCUT2D eigenvalue weighted by Gasteiger charge is -2.00. The average Bonchev–Trinajstić information content (AvgIpc) is 2.16. The summed E-state index contributed by atoms with van der Waals surface area (Å²) in [6.07, 6.45) is 3.33. The molecule has 0 atom stereocenters. The summed E-state index contributed by atoms with van der Waals surface area (Å²) < 4.78 is 0. The maximum atomic E-state index is 10.9. The van der Waals surface area contributed by atoms with E-state index in [4.69, 9.17) is 5.73 Å². The molecule has 2 heteroatoms. The molecular weight excluding hydrogens is 162 g/mol. The van der Waals surface area contributed by atoms with E-state index in [1.54, 1.807) is 24.3 Å². The van der Waals surface area contributed by atoms with Crippen LogP contribution in [-0.2, 0) is 0 Å². The van der Waals surface area contributed by atoms with Gasteiger partial charge in [-0.2, -0.15) is 0 Å². The zero-order valence-corrected chi connectivity index (χ0v) is 7.29. The highest BCUT2D eigenvalue weighted by Crippen LogP contribution is 2.12. The highest BCUT2D eigenvalue weighted by molar-refractivity contribution is 5.94. The highest BCUT2D eigenvalue weighted by Gasteiger charge is 2.01. The predicted octanol–water partition coefficient (Wildman–Crippen LogP) is 2.07. The van der Waals surface area contributed by atoms with Gasteiger partial charge in [0.2, 0.25) is 5.91 Å². The van der Waals surface area contributed by atoms with Crippen molar-refractivity contribution in [2.24, 2.45) is 5.73 Å². The summed E-state index contributed by atoms with van der Waals surface area (Å²) in [7, 11) is 0. The number of carbonyl (C=O) groups is 1. The summed E-state index contributed by atoms with van der Waals surface area (Å²) in [5, 5.41) is 0. The van der Waals surface area contributed by atoms with Crippen molar-refractivity contribution < 1.29 is 4.79 Å². The van der Waals surface area contributed by atoms with E-state index in [1.807, 2.05) is 6.07 Å². The molecule has 0 saturated heterocycles. The van der Waals surface area contributed by atoms with Crippen LogP contribution in [-0.4, -0.2) is 5.91 Å². The van der Waals surface area contributed by atoms with E-state index in [0.29, 0.717) is 5.56 Å². The minimum absolute atomic E-state index is 0.438. The van der Waals surface area contributed by atoms with Gasteiger partial charge in [0.05, 0.1) is 0 Å². The van der Waals surface area contributed by atoms with Crippen LogP contribution in [0.1, 0.15) is 21.5 Å². The fourth-order valence-corrected chi connectivity index (χ4v) is 1.05. The lowest BCUT2D eigenvalue weighted by molar-refractivity contribution is 0.100. The van der Waals surface area contributed by atoms with Gasteiger partial charge in [0.1, 0.15) is 0 Å². The molecule has 0 saturated carbocycles. The summed E-state index contributed by atoms with van der Waals surface area (Å²) in [5.41, 5.74) is 7.37. The van der Waals surface area contributed by atoms with Crippen LogP contribution in [0, 0.1) is 0 Å². The molecule has 0 aliphatic rings. The van der Waals surface area contributed by atoms with Crippen molar-refractivity contribution >= 4 is 18.1 Å². The number of hydrogen-bond donors (Lipinski definition) is 1. The molecule has 0 unspecified atom stereocenters. The molecule has 13 heavy (non-hydrogen) atoms. The number of rotatable bonds is 3. The van der Waals surface area contributed by atoms with Crippen molar-refractivity contribution in [3.8, 4) is 0 Å². The molecule has 0 aliphatic heterocycles. The fraction of sp³-hybridized carbons (Fsp3) is 0. The third kappa shape index (κ3) is 2.06. The smallest absolute Gasteiger partial charge is 0.248 e. The second kappa shape index (κ2) is 3.72. The molecule has 1 aromatic rings. The van der Waals surface area contributed by atoms with Crippen LogP contribution in [0.4, 0.5) is 0 Å². The van der Waals surface area contributed by atoms with Crippen LogP contribution < -0.4 is 5.73 Å². The van der Waals surface area contributed by atoms with Crippen LogP contribution >= 0.6 is 0 Å².